The molecule has 1 aliphatic heterocycles. The molecule has 11 nitrogen and oxygen atoms in total. The Labute approximate surface area is 147 Å². The van der Waals surface area contributed by atoms with E-state index in [9.17, 15) is 24.0 Å². The molecule has 142 valence electrons. The van der Waals surface area contributed by atoms with Gasteiger partial charge in [0.15, 0.2) is 0 Å². The SMILES string of the molecule is O=C(O)OC1(OC(=O)O)CC(C(=O)CCOCCN2C(=O)C=CC2=O)C1. The van der Waals surface area contributed by atoms with Crippen LogP contribution in [-0.4, -0.2) is 70.6 Å². The van der Waals surface area contributed by atoms with Crippen molar-refractivity contribution in [2.75, 3.05) is 19.8 Å². The van der Waals surface area contributed by atoms with Crippen molar-refractivity contribution in [1.29, 1.82) is 0 Å². The predicted molar refractivity (Wildman–Crippen MR) is 80.0 cm³/mol. The summed E-state index contributed by atoms with van der Waals surface area (Å²) in [6.45, 7) is 0.196. The maximum atomic E-state index is 12.0. The monoisotopic (exact) mass is 371 g/mol. The lowest BCUT2D eigenvalue weighted by Crippen LogP contribution is -2.53. The van der Waals surface area contributed by atoms with Gasteiger partial charge in [-0.1, -0.05) is 0 Å². The van der Waals surface area contributed by atoms with Crippen molar-refractivity contribution < 1.29 is 48.4 Å². The standard InChI is InChI=1S/C15H17NO10/c17-10(3-5-24-6-4-16-11(18)1-2-12(16)19)9-7-15(8-9,25-13(20)21)26-14(22)23/h1-2,9H,3-8H2,(H,20,21)(H,22,23). The molecule has 1 saturated carbocycles. The van der Waals surface area contributed by atoms with Gasteiger partial charge >= 0.3 is 12.3 Å². The Bertz CT molecular complexity index is 613. The molecule has 0 spiro atoms. The number of ether oxygens (including phenoxy) is 3. The lowest BCUT2D eigenvalue weighted by atomic mass is 9.75. The molecule has 0 atom stereocenters. The van der Waals surface area contributed by atoms with Gasteiger partial charge in [0, 0.05) is 37.3 Å². The van der Waals surface area contributed by atoms with Gasteiger partial charge < -0.3 is 24.4 Å². The van der Waals surface area contributed by atoms with Crippen LogP contribution in [0.1, 0.15) is 19.3 Å². The summed E-state index contributed by atoms with van der Waals surface area (Å²) in [5.74, 6) is -3.53. The van der Waals surface area contributed by atoms with E-state index >= 15 is 0 Å². The average Bonchev–Trinajstić information content (AvgIpc) is 2.82. The quantitative estimate of drug-likeness (QED) is 0.251. The van der Waals surface area contributed by atoms with Gasteiger partial charge in [-0.25, -0.2) is 9.59 Å². The van der Waals surface area contributed by atoms with Crippen molar-refractivity contribution in [3.05, 3.63) is 12.2 Å². The molecule has 0 unspecified atom stereocenters. The summed E-state index contributed by atoms with van der Waals surface area (Å²) < 4.78 is 14.1. The van der Waals surface area contributed by atoms with E-state index < -0.39 is 35.8 Å². The second-order valence-corrected chi connectivity index (χ2v) is 5.74. The second-order valence-electron chi connectivity index (χ2n) is 5.74. The smallest absolute Gasteiger partial charge is 0.450 e. The van der Waals surface area contributed by atoms with Crippen LogP contribution in [0.3, 0.4) is 0 Å². The van der Waals surface area contributed by atoms with E-state index in [4.69, 9.17) is 14.9 Å². The minimum atomic E-state index is -1.84. The molecule has 26 heavy (non-hydrogen) atoms. The fraction of sp³-hybridized carbons (Fsp3) is 0.533. The van der Waals surface area contributed by atoms with E-state index in [1.807, 2.05) is 0 Å². The molecule has 0 aromatic carbocycles. The van der Waals surface area contributed by atoms with Crippen molar-refractivity contribution in [3.8, 4) is 0 Å². The highest BCUT2D eigenvalue weighted by Crippen LogP contribution is 2.43. The van der Waals surface area contributed by atoms with Crippen LogP contribution in [0.2, 0.25) is 0 Å². The molecule has 2 amide bonds. The van der Waals surface area contributed by atoms with Crippen LogP contribution in [0.5, 0.6) is 0 Å². The number of carboxylic acid groups (broad SMARTS) is 2. The predicted octanol–water partition coefficient (Wildman–Crippen LogP) is 0.383. The Morgan fingerprint density at radius 2 is 1.58 bits per heavy atom. The number of nitrogens with zero attached hydrogens (tertiary/aromatic N) is 1. The van der Waals surface area contributed by atoms with Crippen LogP contribution in [0.25, 0.3) is 0 Å². The molecule has 1 aliphatic carbocycles. The summed E-state index contributed by atoms with van der Waals surface area (Å²) in [6.07, 6.45) is -1.43. The summed E-state index contributed by atoms with van der Waals surface area (Å²) in [5, 5.41) is 17.2. The van der Waals surface area contributed by atoms with Crippen LogP contribution in [0, 0.1) is 5.92 Å². The Morgan fingerprint density at radius 3 is 2.08 bits per heavy atom. The number of hydrogen-bond donors (Lipinski definition) is 2. The van der Waals surface area contributed by atoms with Gasteiger partial charge in [-0.05, 0) is 0 Å². The molecular weight excluding hydrogens is 354 g/mol. The molecule has 0 bridgehead atoms. The van der Waals surface area contributed by atoms with Gasteiger partial charge in [-0.2, -0.15) is 0 Å². The zero-order valence-electron chi connectivity index (χ0n) is 13.6. The third-order valence-corrected chi connectivity index (χ3v) is 3.97. The van der Waals surface area contributed by atoms with Crippen molar-refractivity contribution in [1.82, 2.24) is 4.90 Å². The maximum absolute atomic E-state index is 12.0. The molecule has 1 heterocycles. The first-order valence-corrected chi connectivity index (χ1v) is 7.70. The molecule has 2 aliphatic rings. The van der Waals surface area contributed by atoms with E-state index in [0.29, 0.717) is 0 Å². The van der Waals surface area contributed by atoms with E-state index in [2.05, 4.69) is 9.47 Å². The number of hydrogen-bond acceptors (Lipinski definition) is 8. The minimum Gasteiger partial charge on any atom is -0.450 e. The van der Waals surface area contributed by atoms with E-state index in [1.54, 1.807) is 0 Å². The topological polar surface area (TPSA) is 157 Å². The van der Waals surface area contributed by atoms with Crippen LogP contribution in [0.4, 0.5) is 9.59 Å². The maximum Gasteiger partial charge on any atom is 0.509 e. The Hall–Kier alpha value is -2.95. The molecular formula is C15H17NO10. The molecule has 0 saturated heterocycles. The first kappa shape index (κ1) is 19.4. The van der Waals surface area contributed by atoms with Crippen LogP contribution in [-0.2, 0) is 28.6 Å². The second kappa shape index (κ2) is 7.95. The van der Waals surface area contributed by atoms with Gasteiger partial charge in [-0.15, -0.1) is 0 Å². The summed E-state index contributed by atoms with van der Waals surface area (Å²) >= 11 is 0. The first-order chi connectivity index (χ1) is 12.2. The van der Waals surface area contributed by atoms with Crippen molar-refractivity contribution in [2.24, 2.45) is 5.92 Å². The normalized spacial score (nSPS) is 18.5. The molecule has 1 fully saturated rings. The van der Waals surface area contributed by atoms with E-state index in [-0.39, 0.29) is 44.8 Å². The van der Waals surface area contributed by atoms with E-state index in [0.717, 1.165) is 17.1 Å². The fourth-order valence-corrected chi connectivity index (χ4v) is 2.71. The zero-order chi connectivity index (χ0) is 19.3. The van der Waals surface area contributed by atoms with Crippen LogP contribution >= 0.6 is 0 Å². The number of ketones is 1. The molecule has 2 rings (SSSR count). The molecule has 0 radical (unpaired) electrons. The number of Topliss-reactive ketones (excluding diaryl/α,β-unsaturated/α-hetero) is 1. The van der Waals surface area contributed by atoms with E-state index in [1.165, 1.54) is 0 Å². The van der Waals surface area contributed by atoms with Crippen LogP contribution < -0.4 is 0 Å². The number of carbonyl (C=O) groups is 5. The zero-order valence-corrected chi connectivity index (χ0v) is 13.6. The van der Waals surface area contributed by atoms with Gasteiger partial charge in [0.2, 0.25) is 0 Å². The average molecular weight is 371 g/mol. The number of carbonyl (C=O) groups excluding carboxylic acids is 3. The molecule has 11 heteroatoms. The Balaban J connectivity index is 1.66. The minimum absolute atomic E-state index is 0.0149. The largest absolute Gasteiger partial charge is 0.509 e. The first-order valence-electron chi connectivity index (χ1n) is 7.70. The van der Waals surface area contributed by atoms with Crippen molar-refractivity contribution in [3.63, 3.8) is 0 Å². The van der Waals surface area contributed by atoms with Gasteiger partial charge in [0.05, 0.1) is 19.8 Å². The molecule has 2 N–H and O–H groups in total. The summed E-state index contributed by atoms with van der Waals surface area (Å²) in [5.41, 5.74) is 0. The summed E-state index contributed by atoms with van der Waals surface area (Å²) in [7, 11) is 0. The van der Waals surface area contributed by atoms with Crippen LogP contribution in [0.15, 0.2) is 12.2 Å². The summed E-state index contributed by atoms with van der Waals surface area (Å²) in [6, 6.07) is 0. The highest BCUT2D eigenvalue weighted by molar-refractivity contribution is 6.12. The lowest BCUT2D eigenvalue weighted by Gasteiger charge is -2.42. The highest BCUT2D eigenvalue weighted by Gasteiger charge is 2.54. The Morgan fingerprint density at radius 1 is 1.04 bits per heavy atom. The van der Waals surface area contributed by atoms with Crippen molar-refractivity contribution in [2.45, 2.75) is 25.0 Å². The Kier molecular flexibility index (Phi) is 5.93. The third-order valence-electron chi connectivity index (χ3n) is 3.97. The fourth-order valence-electron chi connectivity index (χ4n) is 2.71. The van der Waals surface area contributed by atoms with Gasteiger partial charge in [-0.3, -0.25) is 19.3 Å². The van der Waals surface area contributed by atoms with Crippen molar-refractivity contribution >= 4 is 29.9 Å². The van der Waals surface area contributed by atoms with Gasteiger partial charge in [0.25, 0.3) is 17.6 Å². The highest BCUT2D eigenvalue weighted by atomic mass is 16.8. The molecule has 0 aromatic heterocycles. The van der Waals surface area contributed by atoms with Gasteiger partial charge in [0.1, 0.15) is 5.78 Å². The molecule has 0 aromatic rings. The number of amides is 2. The lowest BCUT2D eigenvalue weighted by molar-refractivity contribution is -0.242. The number of imide groups is 1. The number of rotatable bonds is 9. The summed E-state index contributed by atoms with van der Waals surface area (Å²) in [4.78, 5) is 56.8. The third kappa shape index (κ3) is 4.79.